The molecule has 0 saturated carbocycles. The first-order valence-corrected chi connectivity index (χ1v) is 14.9. The highest BCUT2D eigenvalue weighted by molar-refractivity contribution is 5.99. The molecule has 6 nitrogen and oxygen atoms in total. The van der Waals surface area contributed by atoms with Crippen molar-refractivity contribution in [3.63, 3.8) is 0 Å². The lowest BCUT2D eigenvalue weighted by atomic mass is 9.95. The third-order valence-electron chi connectivity index (χ3n) is 8.52. The molecule has 224 valence electrons. The summed E-state index contributed by atoms with van der Waals surface area (Å²) < 4.78 is 50.1. The lowest BCUT2D eigenvalue weighted by Gasteiger charge is -2.36. The molecule has 1 aromatic heterocycles. The zero-order valence-corrected chi connectivity index (χ0v) is 24.0. The molecule has 2 unspecified atom stereocenters. The number of nitrogens with zero attached hydrogens (tertiary/aromatic N) is 3. The van der Waals surface area contributed by atoms with Crippen LogP contribution in [0, 0.1) is 0 Å². The number of rotatable bonds is 7. The Hall–Kier alpha value is -4.11. The van der Waals surface area contributed by atoms with E-state index >= 15 is 0 Å². The van der Waals surface area contributed by atoms with Gasteiger partial charge in [0.25, 0.3) is 5.91 Å². The second-order valence-electron chi connectivity index (χ2n) is 11.3. The van der Waals surface area contributed by atoms with Gasteiger partial charge in [0.05, 0.1) is 18.3 Å². The SMILES string of the molecule is CCc1ccc(C2CC(C(F)(F)F)n3ncc(C(=O)N4CCC(OC(c5ccccc5)c5ccccc5)CC4)c3N2)cc1. The van der Waals surface area contributed by atoms with Crippen molar-refractivity contribution in [3.8, 4) is 0 Å². The number of fused-ring (bicyclic) bond motifs is 1. The number of hydrogen-bond donors (Lipinski definition) is 1. The van der Waals surface area contributed by atoms with E-state index in [0.717, 1.165) is 33.4 Å². The Balaban J connectivity index is 1.18. The normalized spacial score (nSPS) is 19.2. The summed E-state index contributed by atoms with van der Waals surface area (Å²) in [6.45, 7) is 2.91. The zero-order chi connectivity index (χ0) is 30.0. The highest BCUT2D eigenvalue weighted by atomic mass is 19.4. The number of ether oxygens (including phenoxy) is 1. The molecule has 1 amide bonds. The van der Waals surface area contributed by atoms with Crippen LogP contribution in [0.25, 0.3) is 0 Å². The third-order valence-corrected chi connectivity index (χ3v) is 8.52. The molecule has 6 rings (SSSR count). The summed E-state index contributed by atoms with van der Waals surface area (Å²) in [5, 5.41) is 7.28. The summed E-state index contributed by atoms with van der Waals surface area (Å²) in [4.78, 5) is 15.4. The highest BCUT2D eigenvalue weighted by Crippen LogP contribution is 2.44. The molecule has 9 heteroatoms. The maximum Gasteiger partial charge on any atom is 0.410 e. The molecule has 2 atom stereocenters. The van der Waals surface area contributed by atoms with Crippen molar-refractivity contribution in [1.29, 1.82) is 0 Å². The number of amides is 1. The second kappa shape index (κ2) is 12.2. The van der Waals surface area contributed by atoms with Gasteiger partial charge >= 0.3 is 6.18 Å². The number of carbonyl (C=O) groups excluding carboxylic acids is 1. The molecule has 0 radical (unpaired) electrons. The molecular weight excluding hydrogens is 553 g/mol. The Morgan fingerprint density at radius 2 is 1.56 bits per heavy atom. The van der Waals surface area contributed by atoms with Gasteiger partial charge in [-0.15, -0.1) is 0 Å². The number of halogens is 3. The number of benzene rings is 3. The molecule has 2 aliphatic rings. The van der Waals surface area contributed by atoms with Gasteiger partial charge in [-0.1, -0.05) is 91.9 Å². The minimum Gasteiger partial charge on any atom is -0.365 e. The summed E-state index contributed by atoms with van der Waals surface area (Å²) in [5.74, 6) is -0.201. The fourth-order valence-corrected chi connectivity index (χ4v) is 6.09. The molecule has 2 aliphatic heterocycles. The van der Waals surface area contributed by atoms with Gasteiger partial charge in [0.1, 0.15) is 17.5 Å². The maximum absolute atomic E-state index is 14.2. The van der Waals surface area contributed by atoms with E-state index in [0.29, 0.717) is 25.9 Å². The lowest BCUT2D eigenvalue weighted by Crippen LogP contribution is -2.42. The number of alkyl halides is 3. The molecule has 4 aromatic rings. The first-order chi connectivity index (χ1) is 20.8. The van der Waals surface area contributed by atoms with E-state index in [4.69, 9.17) is 4.74 Å². The van der Waals surface area contributed by atoms with Crippen LogP contribution in [0.3, 0.4) is 0 Å². The van der Waals surface area contributed by atoms with E-state index in [1.54, 1.807) is 4.90 Å². The number of piperidine rings is 1. The van der Waals surface area contributed by atoms with E-state index < -0.39 is 18.3 Å². The number of carbonyl (C=O) groups is 1. The summed E-state index contributed by atoms with van der Waals surface area (Å²) in [6.07, 6.45) is -1.65. The van der Waals surface area contributed by atoms with Crippen LogP contribution in [0.1, 0.15) is 77.0 Å². The van der Waals surface area contributed by atoms with Crippen molar-refractivity contribution in [1.82, 2.24) is 14.7 Å². The van der Waals surface area contributed by atoms with Gasteiger partial charge in [-0.2, -0.15) is 18.3 Å². The monoisotopic (exact) mass is 588 g/mol. The smallest absolute Gasteiger partial charge is 0.365 e. The summed E-state index contributed by atoms with van der Waals surface area (Å²) >= 11 is 0. The van der Waals surface area contributed by atoms with Crippen molar-refractivity contribution in [2.75, 3.05) is 18.4 Å². The van der Waals surface area contributed by atoms with Crippen molar-refractivity contribution in [3.05, 3.63) is 119 Å². The van der Waals surface area contributed by atoms with Gasteiger partial charge in [-0.3, -0.25) is 4.79 Å². The minimum absolute atomic E-state index is 0.0706. The average Bonchev–Trinajstić information content (AvgIpc) is 3.47. The predicted molar refractivity (Wildman–Crippen MR) is 159 cm³/mol. The average molecular weight is 589 g/mol. The minimum atomic E-state index is -4.51. The van der Waals surface area contributed by atoms with Crippen LogP contribution in [0.15, 0.2) is 91.1 Å². The maximum atomic E-state index is 14.2. The van der Waals surface area contributed by atoms with Crippen molar-refractivity contribution < 1.29 is 22.7 Å². The van der Waals surface area contributed by atoms with E-state index in [2.05, 4.69) is 10.4 Å². The molecule has 1 saturated heterocycles. The van der Waals surface area contributed by atoms with Gasteiger partial charge in [-0.25, -0.2) is 4.68 Å². The van der Waals surface area contributed by atoms with Gasteiger partial charge in [0.15, 0.2) is 6.04 Å². The Morgan fingerprint density at radius 3 is 2.12 bits per heavy atom. The topological polar surface area (TPSA) is 59.4 Å². The molecule has 3 aromatic carbocycles. The van der Waals surface area contributed by atoms with Crippen LogP contribution in [-0.4, -0.2) is 46.0 Å². The highest BCUT2D eigenvalue weighted by Gasteiger charge is 2.47. The first-order valence-electron chi connectivity index (χ1n) is 14.9. The number of likely N-dealkylation sites (tertiary alicyclic amines) is 1. The Morgan fingerprint density at radius 1 is 0.953 bits per heavy atom. The number of anilines is 1. The van der Waals surface area contributed by atoms with Gasteiger partial charge in [-0.05, 0) is 41.5 Å². The zero-order valence-electron chi connectivity index (χ0n) is 24.0. The molecule has 3 heterocycles. The predicted octanol–water partition coefficient (Wildman–Crippen LogP) is 7.52. The quantitative estimate of drug-likeness (QED) is 0.243. The van der Waals surface area contributed by atoms with Gasteiger partial charge in [0, 0.05) is 19.5 Å². The van der Waals surface area contributed by atoms with Crippen LogP contribution >= 0.6 is 0 Å². The number of hydrogen-bond acceptors (Lipinski definition) is 4. The molecule has 0 spiro atoms. The second-order valence-corrected chi connectivity index (χ2v) is 11.3. The largest absolute Gasteiger partial charge is 0.410 e. The van der Waals surface area contributed by atoms with Crippen LogP contribution in [0.5, 0.6) is 0 Å². The van der Waals surface area contributed by atoms with Crippen LogP contribution < -0.4 is 5.32 Å². The molecule has 43 heavy (non-hydrogen) atoms. The molecule has 1 N–H and O–H groups in total. The molecule has 0 aliphatic carbocycles. The van der Waals surface area contributed by atoms with Crippen LogP contribution in [-0.2, 0) is 11.2 Å². The fourth-order valence-electron chi connectivity index (χ4n) is 6.09. The number of nitrogens with one attached hydrogen (secondary N) is 1. The molecule has 0 bridgehead atoms. The summed E-state index contributed by atoms with van der Waals surface area (Å²) in [6, 6.07) is 25.3. The number of aromatic nitrogens is 2. The van der Waals surface area contributed by atoms with E-state index in [1.807, 2.05) is 91.9 Å². The van der Waals surface area contributed by atoms with E-state index in [-0.39, 0.29) is 35.9 Å². The van der Waals surface area contributed by atoms with E-state index in [1.165, 1.54) is 6.20 Å². The summed E-state index contributed by atoms with van der Waals surface area (Å²) in [5.41, 5.74) is 4.14. The lowest BCUT2D eigenvalue weighted by molar-refractivity contribution is -0.173. The van der Waals surface area contributed by atoms with Crippen molar-refractivity contribution in [2.45, 2.75) is 63.1 Å². The Labute approximate surface area is 249 Å². The number of aryl methyl sites for hydroxylation is 1. The van der Waals surface area contributed by atoms with Crippen LogP contribution in [0.4, 0.5) is 19.0 Å². The Kier molecular flexibility index (Phi) is 8.25. The molecular formula is C34H35F3N4O2. The van der Waals surface area contributed by atoms with Crippen molar-refractivity contribution >= 4 is 11.7 Å². The van der Waals surface area contributed by atoms with Gasteiger partial charge < -0.3 is 15.0 Å². The van der Waals surface area contributed by atoms with Gasteiger partial charge in [0.2, 0.25) is 0 Å². The van der Waals surface area contributed by atoms with Crippen LogP contribution in [0.2, 0.25) is 0 Å². The van der Waals surface area contributed by atoms with Crippen molar-refractivity contribution in [2.24, 2.45) is 0 Å². The van der Waals surface area contributed by atoms with E-state index in [9.17, 15) is 18.0 Å². The fraction of sp³-hybridized carbons (Fsp3) is 0.353. The summed E-state index contributed by atoms with van der Waals surface area (Å²) in [7, 11) is 0. The molecule has 1 fully saturated rings. The first kappa shape index (κ1) is 29.0. The Bertz CT molecular complexity index is 1480. The third kappa shape index (κ3) is 6.18. The standard InChI is InChI=1S/C34H35F3N4O2/c1-2-23-13-15-24(16-14-23)29-21-30(34(35,36)37)41-32(39-29)28(22-38-41)33(42)40-19-17-27(18-20-40)43-31(25-9-5-3-6-10-25)26-11-7-4-8-12-26/h3-16,22,27,29-31,39H,2,17-21H2,1H3.